The van der Waals surface area contributed by atoms with Crippen LogP contribution in [0.15, 0.2) is 61.2 Å². The fourth-order valence-corrected chi connectivity index (χ4v) is 3.21. The van der Waals surface area contributed by atoms with Gasteiger partial charge in [0, 0.05) is 49.2 Å². The van der Waals surface area contributed by atoms with E-state index in [-0.39, 0.29) is 11.9 Å². The van der Waals surface area contributed by atoms with E-state index in [1.807, 2.05) is 47.2 Å². The van der Waals surface area contributed by atoms with Crippen LogP contribution in [-0.2, 0) is 6.54 Å². The van der Waals surface area contributed by atoms with Gasteiger partial charge in [-0.1, -0.05) is 30.3 Å². The second kappa shape index (κ2) is 8.77. The number of carbonyl (C=O) groups is 1. The van der Waals surface area contributed by atoms with Gasteiger partial charge in [0.25, 0.3) is 5.91 Å². The van der Waals surface area contributed by atoms with E-state index in [4.69, 9.17) is 4.98 Å². The van der Waals surface area contributed by atoms with Gasteiger partial charge in [-0.25, -0.2) is 9.97 Å². The van der Waals surface area contributed by atoms with E-state index in [0.717, 1.165) is 30.0 Å². The standard InChI is InChI=1S/C22H25N7O/c1-16(2)25-20-13-18(17-7-4-3-5-8-17)26-21-14-19(27-29(20)21)22(30)24-9-6-11-28-12-10-23-15-28/h3-5,7-8,10,12-16,25H,6,9,11H2,1-2H3,(H,24,30). The molecule has 0 aliphatic rings. The maximum absolute atomic E-state index is 12.6. The predicted octanol–water partition coefficient (Wildman–Crippen LogP) is 3.23. The van der Waals surface area contributed by atoms with Gasteiger partial charge >= 0.3 is 0 Å². The highest BCUT2D eigenvalue weighted by atomic mass is 16.1. The quantitative estimate of drug-likeness (QED) is 0.441. The molecule has 3 heterocycles. The molecule has 0 unspecified atom stereocenters. The van der Waals surface area contributed by atoms with E-state index in [9.17, 15) is 4.79 Å². The molecule has 1 aromatic carbocycles. The van der Waals surface area contributed by atoms with Crippen molar-refractivity contribution in [2.24, 2.45) is 0 Å². The Morgan fingerprint density at radius 2 is 2.00 bits per heavy atom. The first-order chi connectivity index (χ1) is 14.6. The van der Waals surface area contributed by atoms with Crippen LogP contribution in [0.3, 0.4) is 0 Å². The Bertz CT molecular complexity index is 1120. The third-order valence-electron chi connectivity index (χ3n) is 4.60. The van der Waals surface area contributed by atoms with Gasteiger partial charge in [0.2, 0.25) is 0 Å². The Labute approximate surface area is 175 Å². The molecule has 154 valence electrons. The lowest BCUT2D eigenvalue weighted by atomic mass is 10.1. The van der Waals surface area contributed by atoms with E-state index < -0.39 is 0 Å². The number of anilines is 1. The number of nitrogens with zero attached hydrogens (tertiary/aromatic N) is 5. The summed E-state index contributed by atoms with van der Waals surface area (Å²) < 4.78 is 3.67. The zero-order chi connectivity index (χ0) is 20.9. The fourth-order valence-electron chi connectivity index (χ4n) is 3.21. The second-order valence-corrected chi connectivity index (χ2v) is 7.40. The molecule has 2 N–H and O–H groups in total. The average molecular weight is 403 g/mol. The lowest BCUT2D eigenvalue weighted by Gasteiger charge is -2.13. The molecule has 0 saturated heterocycles. The minimum atomic E-state index is -0.206. The van der Waals surface area contributed by atoms with Crippen molar-refractivity contribution in [2.45, 2.75) is 32.9 Å². The van der Waals surface area contributed by atoms with Crippen molar-refractivity contribution in [3.8, 4) is 11.3 Å². The second-order valence-electron chi connectivity index (χ2n) is 7.40. The first-order valence-electron chi connectivity index (χ1n) is 10.1. The monoisotopic (exact) mass is 403 g/mol. The number of hydrogen-bond acceptors (Lipinski definition) is 5. The number of fused-ring (bicyclic) bond motifs is 1. The summed E-state index contributed by atoms with van der Waals surface area (Å²) >= 11 is 0. The maximum Gasteiger partial charge on any atom is 0.271 e. The van der Waals surface area contributed by atoms with Crippen LogP contribution in [-0.4, -0.2) is 42.6 Å². The van der Waals surface area contributed by atoms with Crippen molar-refractivity contribution in [3.05, 3.63) is 66.9 Å². The number of aromatic nitrogens is 5. The third kappa shape index (κ3) is 4.48. The van der Waals surface area contributed by atoms with Gasteiger partial charge in [-0.15, -0.1) is 0 Å². The summed E-state index contributed by atoms with van der Waals surface area (Å²) in [6.07, 6.45) is 6.23. The first-order valence-corrected chi connectivity index (χ1v) is 10.1. The molecule has 4 aromatic rings. The molecule has 0 fully saturated rings. The van der Waals surface area contributed by atoms with Crippen molar-refractivity contribution in [3.63, 3.8) is 0 Å². The Morgan fingerprint density at radius 1 is 1.17 bits per heavy atom. The van der Waals surface area contributed by atoms with Crippen LogP contribution in [0.2, 0.25) is 0 Å². The third-order valence-corrected chi connectivity index (χ3v) is 4.60. The summed E-state index contributed by atoms with van der Waals surface area (Å²) in [6, 6.07) is 13.9. The van der Waals surface area contributed by atoms with Crippen LogP contribution in [0.4, 0.5) is 5.82 Å². The zero-order valence-electron chi connectivity index (χ0n) is 17.1. The summed E-state index contributed by atoms with van der Waals surface area (Å²) in [7, 11) is 0. The summed E-state index contributed by atoms with van der Waals surface area (Å²) in [5.74, 6) is 0.593. The minimum absolute atomic E-state index is 0.206. The van der Waals surface area contributed by atoms with Gasteiger partial charge in [-0.05, 0) is 20.3 Å². The summed E-state index contributed by atoms with van der Waals surface area (Å²) in [4.78, 5) is 21.3. The van der Waals surface area contributed by atoms with Crippen LogP contribution in [0.1, 0.15) is 30.8 Å². The Morgan fingerprint density at radius 3 is 2.73 bits per heavy atom. The van der Waals surface area contributed by atoms with E-state index in [1.165, 1.54) is 0 Å². The summed E-state index contributed by atoms with van der Waals surface area (Å²) in [5.41, 5.74) is 2.82. The van der Waals surface area contributed by atoms with Gasteiger partial charge in [0.15, 0.2) is 11.3 Å². The molecular formula is C22H25N7O. The Hall–Kier alpha value is -3.68. The van der Waals surface area contributed by atoms with E-state index in [0.29, 0.717) is 17.9 Å². The van der Waals surface area contributed by atoms with Crippen molar-refractivity contribution in [1.82, 2.24) is 29.5 Å². The van der Waals surface area contributed by atoms with E-state index >= 15 is 0 Å². The first kappa shape index (κ1) is 19.6. The molecule has 8 nitrogen and oxygen atoms in total. The van der Waals surface area contributed by atoms with Crippen molar-refractivity contribution >= 4 is 17.4 Å². The van der Waals surface area contributed by atoms with E-state index in [1.54, 1.807) is 23.1 Å². The molecule has 0 spiro atoms. The molecule has 0 radical (unpaired) electrons. The van der Waals surface area contributed by atoms with Crippen LogP contribution >= 0.6 is 0 Å². The predicted molar refractivity (Wildman–Crippen MR) is 116 cm³/mol. The van der Waals surface area contributed by atoms with Gasteiger partial charge in [-0.2, -0.15) is 9.61 Å². The van der Waals surface area contributed by atoms with E-state index in [2.05, 4.69) is 34.6 Å². The van der Waals surface area contributed by atoms with Gasteiger partial charge in [0.1, 0.15) is 5.82 Å². The highest BCUT2D eigenvalue weighted by Gasteiger charge is 2.15. The SMILES string of the molecule is CC(C)Nc1cc(-c2ccccc2)nc2cc(C(=O)NCCCn3ccnc3)nn12. The van der Waals surface area contributed by atoms with Crippen LogP contribution in [0, 0.1) is 0 Å². The van der Waals surface area contributed by atoms with Crippen LogP contribution in [0.25, 0.3) is 16.9 Å². The smallest absolute Gasteiger partial charge is 0.271 e. The molecule has 0 aliphatic carbocycles. The number of benzene rings is 1. The average Bonchev–Trinajstić information content (AvgIpc) is 3.41. The van der Waals surface area contributed by atoms with Crippen molar-refractivity contribution in [1.29, 1.82) is 0 Å². The largest absolute Gasteiger partial charge is 0.368 e. The number of nitrogens with one attached hydrogen (secondary N) is 2. The summed E-state index contributed by atoms with van der Waals surface area (Å²) in [6.45, 7) is 5.48. The number of imidazole rings is 1. The Kier molecular flexibility index (Phi) is 5.74. The highest BCUT2D eigenvalue weighted by Crippen LogP contribution is 2.23. The number of amides is 1. The number of rotatable bonds is 8. The molecular weight excluding hydrogens is 378 g/mol. The number of aryl methyl sites for hydroxylation is 1. The van der Waals surface area contributed by atoms with Crippen molar-refractivity contribution < 1.29 is 4.79 Å². The van der Waals surface area contributed by atoms with Gasteiger partial charge < -0.3 is 15.2 Å². The lowest BCUT2D eigenvalue weighted by Crippen LogP contribution is -2.25. The fraction of sp³-hybridized carbons (Fsp3) is 0.273. The Balaban J connectivity index is 1.54. The molecule has 1 amide bonds. The topological polar surface area (TPSA) is 89.1 Å². The van der Waals surface area contributed by atoms with Gasteiger partial charge in [-0.3, -0.25) is 4.79 Å². The van der Waals surface area contributed by atoms with Crippen molar-refractivity contribution in [2.75, 3.05) is 11.9 Å². The molecule has 4 rings (SSSR count). The maximum atomic E-state index is 12.6. The zero-order valence-corrected chi connectivity index (χ0v) is 17.1. The lowest BCUT2D eigenvalue weighted by molar-refractivity contribution is 0.0947. The number of hydrogen-bond donors (Lipinski definition) is 2. The molecule has 30 heavy (non-hydrogen) atoms. The number of carbonyl (C=O) groups excluding carboxylic acids is 1. The molecule has 0 saturated carbocycles. The molecule has 0 atom stereocenters. The normalized spacial score (nSPS) is 11.2. The molecule has 0 aliphatic heterocycles. The van der Waals surface area contributed by atoms with Crippen LogP contribution in [0.5, 0.6) is 0 Å². The summed E-state index contributed by atoms with van der Waals surface area (Å²) in [5, 5.41) is 10.8. The van der Waals surface area contributed by atoms with Gasteiger partial charge in [0.05, 0.1) is 12.0 Å². The highest BCUT2D eigenvalue weighted by molar-refractivity contribution is 5.93. The molecule has 3 aromatic heterocycles. The molecule has 0 bridgehead atoms. The minimum Gasteiger partial charge on any atom is -0.368 e. The van der Waals surface area contributed by atoms with Crippen LogP contribution < -0.4 is 10.6 Å². The molecule has 8 heteroatoms.